The van der Waals surface area contributed by atoms with E-state index in [1.807, 2.05) is 13.0 Å². The van der Waals surface area contributed by atoms with E-state index >= 15 is 0 Å². The molecule has 1 N–H and O–H groups in total. The molecule has 0 aromatic heterocycles. The lowest BCUT2D eigenvalue weighted by molar-refractivity contribution is 0.125. The van der Waals surface area contributed by atoms with Crippen molar-refractivity contribution in [2.75, 3.05) is 26.2 Å². The summed E-state index contributed by atoms with van der Waals surface area (Å²) in [6.07, 6.45) is 2.36. The van der Waals surface area contributed by atoms with Gasteiger partial charge in [0.1, 0.15) is 5.82 Å². The normalized spacial score (nSPS) is 18.9. The first kappa shape index (κ1) is 18.4. The van der Waals surface area contributed by atoms with Crippen LogP contribution < -0.4 is 5.32 Å². The van der Waals surface area contributed by atoms with Crippen LogP contribution in [0.15, 0.2) is 18.2 Å². The molecule has 21 heavy (non-hydrogen) atoms. The standard InChI is InChI=1S/C17H27FN2.ClH/c1-4-6-13(2)17(20-11-9-19-10-12-20)15-7-5-8-16(18)14(15)3;/h5,7-8,13,17,19H,4,6,9-12H2,1-3H3;1H/t13?,17-;/m1./s1. The van der Waals surface area contributed by atoms with Crippen molar-refractivity contribution in [3.8, 4) is 0 Å². The molecule has 1 aliphatic heterocycles. The Morgan fingerprint density at radius 2 is 1.95 bits per heavy atom. The van der Waals surface area contributed by atoms with E-state index in [1.54, 1.807) is 6.07 Å². The summed E-state index contributed by atoms with van der Waals surface area (Å²) in [5.74, 6) is 0.477. The van der Waals surface area contributed by atoms with E-state index in [2.05, 4.69) is 30.1 Å². The lowest BCUT2D eigenvalue weighted by Gasteiger charge is -2.39. The molecule has 1 aromatic rings. The van der Waals surface area contributed by atoms with E-state index in [0.29, 0.717) is 12.0 Å². The fourth-order valence-corrected chi connectivity index (χ4v) is 3.38. The molecule has 0 amide bonds. The molecule has 1 unspecified atom stereocenters. The van der Waals surface area contributed by atoms with Gasteiger partial charge in [-0.25, -0.2) is 4.39 Å². The van der Waals surface area contributed by atoms with Crippen molar-refractivity contribution in [3.05, 3.63) is 35.1 Å². The molecule has 120 valence electrons. The van der Waals surface area contributed by atoms with Gasteiger partial charge in [0.05, 0.1) is 0 Å². The molecule has 0 spiro atoms. The van der Waals surface area contributed by atoms with Crippen LogP contribution in [0.4, 0.5) is 4.39 Å². The highest BCUT2D eigenvalue weighted by Gasteiger charge is 2.28. The number of halogens is 2. The molecule has 0 radical (unpaired) electrons. The lowest BCUT2D eigenvalue weighted by atomic mass is 9.87. The van der Waals surface area contributed by atoms with E-state index in [4.69, 9.17) is 0 Å². The Morgan fingerprint density at radius 3 is 2.57 bits per heavy atom. The number of nitrogens with zero attached hydrogens (tertiary/aromatic N) is 1. The van der Waals surface area contributed by atoms with Gasteiger partial charge in [0.2, 0.25) is 0 Å². The second-order valence-electron chi connectivity index (χ2n) is 5.95. The molecule has 2 nitrogen and oxygen atoms in total. The van der Waals surface area contributed by atoms with Crippen LogP contribution in [0, 0.1) is 18.7 Å². The summed E-state index contributed by atoms with van der Waals surface area (Å²) in [4.78, 5) is 2.53. The monoisotopic (exact) mass is 314 g/mol. The minimum atomic E-state index is -0.0775. The van der Waals surface area contributed by atoms with Gasteiger partial charge in [-0.2, -0.15) is 0 Å². The number of rotatable bonds is 5. The Hall–Kier alpha value is -0.640. The Kier molecular flexibility index (Phi) is 7.64. The van der Waals surface area contributed by atoms with Gasteiger partial charge in [0, 0.05) is 32.2 Å². The highest BCUT2D eigenvalue weighted by molar-refractivity contribution is 5.85. The third-order valence-electron chi connectivity index (χ3n) is 4.46. The highest BCUT2D eigenvalue weighted by Crippen LogP contribution is 2.34. The van der Waals surface area contributed by atoms with Gasteiger partial charge in [-0.1, -0.05) is 32.4 Å². The molecule has 2 atom stereocenters. The maximum Gasteiger partial charge on any atom is 0.126 e. The third-order valence-corrected chi connectivity index (χ3v) is 4.46. The average Bonchev–Trinajstić information content (AvgIpc) is 2.45. The van der Waals surface area contributed by atoms with Gasteiger partial charge in [0.25, 0.3) is 0 Å². The zero-order valence-corrected chi connectivity index (χ0v) is 14.2. The largest absolute Gasteiger partial charge is 0.314 e. The quantitative estimate of drug-likeness (QED) is 0.885. The second-order valence-corrected chi connectivity index (χ2v) is 5.95. The lowest BCUT2D eigenvalue weighted by Crippen LogP contribution is -2.46. The molecule has 1 heterocycles. The smallest absolute Gasteiger partial charge is 0.126 e. The zero-order valence-electron chi connectivity index (χ0n) is 13.4. The average molecular weight is 315 g/mol. The maximum atomic E-state index is 13.9. The fourth-order valence-electron chi connectivity index (χ4n) is 3.38. The topological polar surface area (TPSA) is 15.3 Å². The molecule has 1 aliphatic rings. The van der Waals surface area contributed by atoms with Gasteiger partial charge < -0.3 is 5.32 Å². The summed E-state index contributed by atoms with van der Waals surface area (Å²) in [6.45, 7) is 10.6. The first-order chi connectivity index (χ1) is 9.65. The van der Waals surface area contributed by atoms with Crippen LogP contribution in [-0.4, -0.2) is 31.1 Å². The Bertz CT molecular complexity index is 433. The SMILES string of the molecule is CCCC(C)[C@H](c1cccc(F)c1C)N1CCNCC1.Cl. The molecule has 0 saturated carbocycles. The minimum absolute atomic E-state index is 0. The predicted octanol–water partition coefficient (Wildman–Crippen LogP) is 3.94. The number of nitrogens with one attached hydrogen (secondary N) is 1. The van der Waals surface area contributed by atoms with Crippen LogP contribution in [0.5, 0.6) is 0 Å². The van der Waals surface area contributed by atoms with Crippen LogP contribution >= 0.6 is 12.4 Å². The number of piperazine rings is 1. The molecular weight excluding hydrogens is 287 g/mol. The molecule has 0 aliphatic carbocycles. The van der Waals surface area contributed by atoms with E-state index in [1.165, 1.54) is 18.4 Å². The van der Waals surface area contributed by atoms with Crippen LogP contribution in [0.25, 0.3) is 0 Å². The van der Waals surface area contributed by atoms with Crippen molar-refractivity contribution >= 4 is 12.4 Å². The molecular formula is C17H28ClFN2. The molecule has 0 bridgehead atoms. The Balaban J connectivity index is 0.00000220. The highest BCUT2D eigenvalue weighted by atomic mass is 35.5. The summed E-state index contributed by atoms with van der Waals surface area (Å²) in [5, 5.41) is 3.40. The van der Waals surface area contributed by atoms with Gasteiger partial charge >= 0.3 is 0 Å². The zero-order chi connectivity index (χ0) is 14.5. The summed E-state index contributed by atoms with van der Waals surface area (Å²) in [7, 11) is 0. The summed E-state index contributed by atoms with van der Waals surface area (Å²) in [6, 6.07) is 5.87. The number of benzene rings is 1. The summed E-state index contributed by atoms with van der Waals surface area (Å²) >= 11 is 0. The predicted molar refractivity (Wildman–Crippen MR) is 89.6 cm³/mol. The minimum Gasteiger partial charge on any atom is -0.314 e. The molecule has 2 rings (SSSR count). The Labute approximate surface area is 134 Å². The number of hydrogen-bond donors (Lipinski definition) is 1. The van der Waals surface area contributed by atoms with Crippen molar-refractivity contribution in [2.45, 2.75) is 39.7 Å². The van der Waals surface area contributed by atoms with Gasteiger partial charge in [-0.15, -0.1) is 12.4 Å². The third kappa shape index (κ3) is 4.41. The maximum absolute atomic E-state index is 13.9. The molecule has 4 heteroatoms. The van der Waals surface area contributed by atoms with Crippen LogP contribution in [0.1, 0.15) is 43.9 Å². The van der Waals surface area contributed by atoms with Gasteiger partial charge in [0.15, 0.2) is 0 Å². The second kappa shape index (κ2) is 8.72. The van der Waals surface area contributed by atoms with Gasteiger partial charge in [-0.05, 0) is 36.5 Å². The molecule has 1 aromatic carbocycles. The first-order valence-electron chi connectivity index (χ1n) is 7.85. The van der Waals surface area contributed by atoms with Crippen molar-refractivity contribution in [1.29, 1.82) is 0 Å². The first-order valence-corrected chi connectivity index (χ1v) is 7.85. The molecule has 1 fully saturated rings. The van der Waals surface area contributed by atoms with E-state index in [9.17, 15) is 4.39 Å². The van der Waals surface area contributed by atoms with E-state index in [0.717, 1.165) is 31.7 Å². The summed E-state index contributed by atoms with van der Waals surface area (Å²) < 4.78 is 13.9. The molecule has 1 saturated heterocycles. The van der Waals surface area contributed by atoms with Crippen molar-refractivity contribution in [3.63, 3.8) is 0 Å². The van der Waals surface area contributed by atoms with Crippen LogP contribution in [-0.2, 0) is 0 Å². The summed E-state index contributed by atoms with van der Waals surface area (Å²) in [5.41, 5.74) is 1.99. The van der Waals surface area contributed by atoms with Gasteiger partial charge in [-0.3, -0.25) is 4.90 Å². The van der Waals surface area contributed by atoms with E-state index in [-0.39, 0.29) is 18.2 Å². The van der Waals surface area contributed by atoms with Crippen LogP contribution in [0.2, 0.25) is 0 Å². The van der Waals surface area contributed by atoms with Crippen molar-refractivity contribution < 1.29 is 4.39 Å². The number of hydrogen-bond acceptors (Lipinski definition) is 2. The van der Waals surface area contributed by atoms with E-state index < -0.39 is 0 Å². The fraction of sp³-hybridized carbons (Fsp3) is 0.647. The van der Waals surface area contributed by atoms with Crippen molar-refractivity contribution in [2.24, 2.45) is 5.92 Å². The van der Waals surface area contributed by atoms with Crippen molar-refractivity contribution in [1.82, 2.24) is 10.2 Å². The van der Waals surface area contributed by atoms with Crippen LogP contribution in [0.3, 0.4) is 0 Å². The Morgan fingerprint density at radius 1 is 1.29 bits per heavy atom.